The number of esters is 2. The molecule has 0 aliphatic heterocycles. The van der Waals surface area contributed by atoms with Gasteiger partial charge in [0.15, 0.2) is 0 Å². The lowest BCUT2D eigenvalue weighted by atomic mass is 10.1. The molecule has 0 aliphatic rings. The van der Waals surface area contributed by atoms with Crippen molar-refractivity contribution in [3.63, 3.8) is 0 Å². The maximum absolute atomic E-state index is 12.1. The summed E-state index contributed by atoms with van der Waals surface area (Å²) in [5.74, 6) is -0.231. The Morgan fingerprint density at radius 2 is 1.52 bits per heavy atom. The molecule has 0 bridgehead atoms. The Kier molecular flexibility index (Phi) is 6.71. The van der Waals surface area contributed by atoms with E-state index in [1.165, 1.54) is 0 Å². The molecule has 0 heterocycles. The smallest absolute Gasteiger partial charge is 0.343 e. The average Bonchev–Trinajstić information content (AvgIpc) is 2.66. The summed E-state index contributed by atoms with van der Waals surface area (Å²) in [5, 5.41) is 9.00. The molecule has 2 aromatic rings. The van der Waals surface area contributed by atoms with Crippen molar-refractivity contribution in [3.8, 4) is 5.75 Å². The van der Waals surface area contributed by atoms with E-state index in [1.807, 2.05) is 13.8 Å². The summed E-state index contributed by atoms with van der Waals surface area (Å²) < 4.78 is 10.5. The van der Waals surface area contributed by atoms with Gasteiger partial charge in [-0.2, -0.15) is 0 Å². The van der Waals surface area contributed by atoms with Gasteiger partial charge in [-0.15, -0.1) is 0 Å². The monoisotopic (exact) mass is 342 g/mol. The van der Waals surface area contributed by atoms with Crippen molar-refractivity contribution in [2.45, 2.75) is 26.9 Å². The first kappa shape index (κ1) is 18.7. The molecule has 1 atom stereocenters. The summed E-state index contributed by atoms with van der Waals surface area (Å²) in [6.45, 7) is 4.36. The topological polar surface area (TPSA) is 72.8 Å². The third-order valence-corrected chi connectivity index (χ3v) is 3.87. The summed E-state index contributed by atoms with van der Waals surface area (Å²) in [5.41, 5.74) is 1.52. The number of benzene rings is 2. The summed E-state index contributed by atoms with van der Waals surface area (Å²) >= 11 is 0. The highest BCUT2D eigenvalue weighted by Crippen LogP contribution is 2.16. The number of ether oxygens (including phenoxy) is 2. The zero-order valence-electron chi connectivity index (χ0n) is 14.4. The molecule has 0 saturated heterocycles. The second kappa shape index (κ2) is 8.99. The fourth-order valence-electron chi connectivity index (χ4n) is 1.99. The molecular weight excluding hydrogens is 320 g/mol. The molecule has 25 heavy (non-hydrogen) atoms. The Balaban J connectivity index is 1.94. The van der Waals surface area contributed by atoms with Crippen LogP contribution in [-0.2, 0) is 11.3 Å². The fourth-order valence-corrected chi connectivity index (χ4v) is 1.99. The van der Waals surface area contributed by atoms with Gasteiger partial charge < -0.3 is 14.6 Å². The van der Waals surface area contributed by atoms with Gasteiger partial charge in [0.05, 0.1) is 24.3 Å². The standard InChI is InChI=1S/C20H22O5/c1-3-14(2)13-24-19(22)16-8-10-18(11-9-16)25-20(23)17-6-4-15(12-21)5-7-17/h4-11,14,21H,3,12-13H2,1-2H3. The predicted molar refractivity (Wildman–Crippen MR) is 93.5 cm³/mol. The van der Waals surface area contributed by atoms with E-state index in [4.69, 9.17) is 14.6 Å². The summed E-state index contributed by atoms with van der Waals surface area (Å²) in [6, 6.07) is 12.7. The molecular formula is C20H22O5. The lowest BCUT2D eigenvalue weighted by Gasteiger charge is -2.10. The molecule has 0 saturated carbocycles. The van der Waals surface area contributed by atoms with Gasteiger partial charge in [0.25, 0.3) is 0 Å². The third kappa shape index (κ3) is 5.43. The maximum atomic E-state index is 12.1. The van der Waals surface area contributed by atoms with E-state index >= 15 is 0 Å². The highest BCUT2D eigenvalue weighted by atomic mass is 16.5. The third-order valence-electron chi connectivity index (χ3n) is 3.87. The molecule has 2 aromatic carbocycles. The first-order valence-corrected chi connectivity index (χ1v) is 8.22. The van der Waals surface area contributed by atoms with Gasteiger partial charge in [0, 0.05) is 0 Å². The average molecular weight is 342 g/mol. The lowest BCUT2D eigenvalue weighted by molar-refractivity contribution is 0.0447. The number of carbonyl (C=O) groups is 2. The zero-order chi connectivity index (χ0) is 18.2. The molecule has 0 amide bonds. The van der Waals surface area contributed by atoms with Crippen molar-refractivity contribution in [1.29, 1.82) is 0 Å². The number of aliphatic hydroxyl groups excluding tert-OH is 1. The molecule has 1 N–H and O–H groups in total. The van der Waals surface area contributed by atoms with Gasteiger partial charge >= 0.3 is 11.9 Å². The summed E-state index contributed by atoms with van der Waals surface area (Å²) in [7, 11) is 0. The van der Waals surface area contributed by atoms with E-state index in [9.17, 15) is 9.59 Å². The minimum Gasteiger partial charge on any atom is -0.462 e. The SMILES string of the molecule is CCC(C)COC(=O)c1ccc(OC(=O)c2ccc(CO)cc2)cc1. The van der Waals surface area contributed by atoms with Gasteiger partial charge in [-0.05, 0) is 47.9 Å². The Morgan fingerprint density at radius 3 is 2.08 bits per heavy atom. The molecule has 0 radical (unpaired) electrons. The van der Waals surface area contributed by atoms with Gasteiger partial charge in [-0.1, -0.05) is 32.4 Å². The van der Waals surface area contributed by atoms with E-state index in [-0.39, 0.29) is 6.61 Å². The molecule has 0 spiro atoms. The van der Waals surface area contributed by atoms with Crippen LogP contribution in [0.1, 0.15) is 46.5 Å². The van der Waals surface area contributed by atoms with E-state index in [1.54, 1.807) is 48.5 Å². The van der Waals surface area contributed by atoms with Crippen molar-refractivity contribution in [2.24, 2.45) is 5.92 Å². The second-order valence-corrected chi connectivity index (χ2v) is 5.88. The van der Waals surface area contributed by atoms with Crippen LogP contribution in [0, 0.1) is 5.92 Å². The molecule has 0 aliphatic carbocycles. The Bertz CT molecular complexity index is 704. The maximum Gasteiger partial charge on any atom is 0.343 e. The Morgan fingerprint density at radius 1 is 0.960 bits per heavy atom. The van der Waals surface area contributed by atoms with Crippen LogP contribution in [-0.4, -0.2) is 23.7 Å². The molecule has 132 valence electrons. The van der Waals surface area contributed by atoms with Gasteiger partial charge in [-0.25, -0.2) is 9.59 Å². The van der Waals surface area contributed by atoms with Crippen molar-refractivity contribution >= 4 is 11.9 Å². The van der Waals surface area contributed by atoms with Crippen LogP contribution in [0.3, 0.4) is 0 Å². The normalized spacial score (nSPS) is 11.6. The number of rotatable bonds is 7. The fraction of sp³-hybridized carbons (Fsp3) is 0.300. The van der Waals surface area contributed by atoms with Crippen LogP contribution in [0.25, 0.3) is 0 Å². The number of carbonyl (C=O) groups excluding carboxylic acids is 2. The molecule has 0 fully saturated rings. The van der Waals surface area contributed by atoms with E-state index in [0.29, 0.717) is 29.4 Å². The highest BCUT2D eigenvalue weighted by molar-refractivity contribution is 5.92. The van der Waals surface area contributed by atoms with Crippen molar-refractivity contribution < 1.29 is 24.2 Å². The van der Waals surface area contributed by atoms with Gasteiger partial charge in [0.2, 0.25) is 0 Å². The van der Waals surface area contributed by atoms with Crippen molar-refractivity contribution in [1.82, 2.24) is 0 Å². The molecule has 0 aromatic heterocycles. The predicted octanol–water partition coefficient (Wildman–Crippen LogP) is 3.60. The summed E-state index contributed by atoms with van der Waals surface area (Å²) in [6.07, 6.45) is 0.946. The first-order chi connectivity index (χ1) is 12.0. The first-order valence-electron chi connectivity index (χ1n) is 8.22. The van der Waals surface area contributed by atoms with Crippen LogP contribution in [0.2, 0.25) is 0 Å². The second-order valence-electron chi connectivity index (χ2n) is 5.88. The lowest BCUT2D eigenvalue weighted by Crippen LogP contribution is -2.12. The van der Waals surface area contributed by atoms with Crippen LogP contribution < -0.4 is 4.74 Å². The number of aliphatic hydroxyl groups is 1. The van der Waals surface area contributed by atoms with Gasteiger partial charge in [0.1, 0.15) is 5.75 Å². The zero-order valence-corrected chi connectivity index (χ0v) is 14.4. The van der Waals surface area contributed by atoms with E-state index < -0.39 is 11.9 Å². The minimum absolute atomic E-state index is 0.0794. The van der Waals surface area contributed by atoms with Crippen LogP contribution >= 0.6 is 0 Å². The summed E-state index contributed by atoms with van der Waals surface area (Å²) in [4.78, 5) is 24.0. The molecule has 5 nitrogen and oxygen atoms in total. The minimum atomic E-state index is -0.503. The highest BCUT2D eigenvalue weighted by Gasteiger charge is 2.11. The Labute approximate surface area is 147 Å². The van der Waals surface area contributed by atoms with Crippen LogP contribution in [0.4, 0.5) is 0 Å². The Hall–Kier alpha value is -2.66. The van der Waals surface area contributed by atoms with E-state index in [2.05, 4.69) is 0 Å². The number of hydrogen-bond acceptors (Lipinski definition) is 5. The molecule has 2 rings (SSSR count). The number of hydrogen-bond donors (Lipinski definition) is 1. The quantitative estimate of drug-likeness (QED) is 0.615. The largest absolute Gasteiger partial charge is 0.462 e. The van der Waals surface area contributed by atoms with Gasteiger partial charge in [-0.3, -0.25) is 0 Å². The van der Waals surface area contributed by atoms with Crippen molar-refractivity contribution in [2.75, 3.05) is 6.61 Å². The molecule has 1 unspecified atom stereocenters. The van der Waals surface area contributed by atoms with Crippen molar-refractivity contribution in [3.05, 3.63) is 65.2 Å². The molecule has 5 heteroatoms. The van der Waals surface area contributed by atoms with Crippen LogP contribution in [0.15, 0.2) is 48.5 Å². The van der Waals surface area contributed by atoms with Crippen LogP contribution in [0.5, 0.6) is 5.75 Å². The van der Waals surface area contributed by atoms with E-state index in [0.717, 1.165) is 12.0 Å².